The largest absolute Gasteiger partial charge is 0.372 e. The van der Waals surface area contributed by atoms with Gasteiger partial charge in [0.1, 0.15) is 0 Å². The van der Waals surface area contributed by atoms with Gasteiger partial charge in [-0.05, 0) is 37.4 Å². The molecule has 0 spiro atoms. The number of rotatable bonds is 8. The van der Waals surface area contributed by atoms with E-state index in [2.05, 4.69) is 62.2 Å². The molecule has 18 heavy (non-hydrogen) atoms. The minimum absolute atomic E-state index is 0.704. The highest BCUT2D eigenvalue weighted by Gasteiger charge is 2.08. The SMILES string of the molecule is CCCN(CC)c1ccccc1CNCC(C)C. The predicted octanol–water partition coefficient (Wildman–Crippen LogP) is 3.67. The minimum Gasteiger partial charge on any atom is -0.372 e. The van der Waals surface area contributed by atoms with E-state index in [1.165, 1.54) is 17.7 Å². The molecule has 102 valence electrons. The molecular formula is C16H28N2. The Hall–Kier alpha value is -1.02. The van der Waals surface area contributed by atoms with Crippen LogP contribution in [0.4, 0.5) is 5.69 Å². The zero-order chi connectivity index (χ0) is 13.4. The van der Waals surface area contributed by atoms with Gasteiger partial charge in [-0.15, -0.1) is 0 Å². The van der Waals surface area contributed by atoms with Crippen molar-refractivity contribution in [2.45, 2.75) is 40.7 Å². The van der Waals surface area contributed by atoms with Crippen molar-refractivity contribution in [3.05, 3.63) is 29.8 Å². The molecule has 1 aromatic carbocycles. The highest BCUT2D eigenvalue weighted by molar-refractivity contribution is 5.53. The van der Waals surface area contributed by atoms with Crippen molar-refractivity contribution in [2.24, 2.45) is 5.92 Å². The van der Waals surface area contributed by atoms with Crippen LogP contribution in [0.3, 0.4) is 0 Å². The number of nitrogens with one attached hydrogen (secondary N) is 1. The van der Waals surface area contributed by atoms with E-state index in [1.54, 1.807) is 0 Å². The van der Waals surface area contributed by atoms with Gasteiger partial charge in [-0.3, -0.25) is 0 Å². The Morgan fingerprint density at radius 1 is 1.17 bits per heavy atom. The summed E-state index contributed by atoms with van der Waals surface area (Å²) in [6, 6.07) is 8.75. The maximum atomic E-state index is 3.54. The van der Waals surface area contributed by atoms with Crippen molar-refractivity contribution in [3.63, 3.8) is 0 Å². The maximum absolute atomic E-state index is 3.54. The van der Waals surface area contributed by atoms with E-state index in [4.69, 9.17) is 0 Å². The Morgan fingerprint density at radius 3 is 2.50 bits per heavy atom. The average molecular weight is 248 g/mol. The molecule has 0 radical (unpaired) electrons. The van der Waals surface area contributed by atoms with Crippen LogP contribution in [-0.4, -0.2) is 19.6 Å². The molecule has 0 aromatic heterocycles. The molecule has 0 amide bonds. The fourth-order valence-electron chi connectivity index (χ4n) is 2.18. The molecule has 1 N–H and O–H groups in total. The quantitative estimate of drug-likeness (QED) is 0.755. The summed E-state index contributed by atoms with van der Waals surface area (Å²) in [5.41, 5.74) is 2.80. The van der Waals surface area contributed by atoms with Gasteiger partial charge in [-0.1, -0.05) is 39.0 Å². The van der Waals surface area contributed by atoms with Crippen LogP contribution in [0.5, 0.6) is 0 Å². The van der Waals surface area contributed by atoms with Gasteiger partial charge in [-0.2, -0.15) is 0 Å². The van der Waals surface area contributed by atoms with E-state index in [-0.39, 0.29) is 0 Å². The van der Waals surface area contributed by atoms with Gasteiger partial charge in [0.2, 0.25) is 0 Å². The lowest BCUT2D eigenvalue weighted by atomic mass is 10.1. The molecular weight excluding hydrogens is 220 g/mol. The normalized spacial score (nSPS) is 10.9. The van der Waals surface area contributed by atoms with Gasteiger partial charge in [-0.25, -0.2) is 0 Å². The van der Waals surface area contributed by atoms with Crippen molar-refractivity contribution in [2.75, 3.05) is 24.5 Å². The van der Waals surface area contributed by atoms with Crippen LogP contribution in [0, 0.1) is 5.92 Å². The summed E-state index contributed by atoms with van der Waals surface area (Å²) in [5.74, 6) is 0.704. The van der Waals surface area contributed by atoms with Gasteiger partial charge < -0.3 is 10.2 Å². The second-order valence-corrected chi connectivity index (χ2v) is 5.23. The smallest absolute Gasteiger partial charge is 0.0411 e. The zero-order valence-corrected chi connectivity index (χ0v) is 12.4. The van der Waals surface area contributed by atoms with E-state index in [0.717, 1.165) is 26.2 Å². The molecule has 1 rings (SSSR count). The first kappa shape index (κ1) is 15.0. The standard InChI is InChI=1S/C16H28N2/c1-5-11-18(6-2)16-10-8-7-9-15(16)13-17-12-14(3)4/h7-10,14,17H,5-6,11-13H2,1-4H3. The van der Waals surface area contributed by atoms with Gasteiger partial charge in [0.15, 0.2) is 0 Å². The van der Waals surface area contributed by atoms with Crippen LogP contribution < -0.4 is 10.2 Å². The number of hydrogen-bond acceptors (Lipinski definition) is 2. The lowest BCUT2D eigenvalue weighted by molar-refractivity contribution is 0.552. The molecule has 0 unspecified atom stereocenters. The van der Waals surface area contributed by atoms with Crippen LogP contribution in [0.2, 0.25) is 0 Å². The first-order chi connectivity index (χ1) is 8.69. The summed E-state index contributed by atoms with van der Waals surface area (Å²) in [5, 5.41) is 3.54. The first-order valence-corrected chi connectivity index (χ1v) is 7.22. The number of anilines is 1. The van der Waals surface area contributed by atoms with Crippen molar-refractivity contribution in [1.29, 1.82) is 0 Å². The molecule has 0 saturated heterocycles. The summed E-state index contributed by atoms with van der Waals surface area (Å²) in [6.45, 7) is 13.2. The molecule has 2 heteroatoms. The van der Waals surface area contributed by atoms with Crippen LogP contribution in [0.15, 0.2) is 24.3 Å². The average Bonchev–Trinajstić information content (AvgIpc) is 2.36. The molecule has 1 aromatic rings. The molecule has 0 aliphatic heterocycles. The van der Waals surface area contributed by atoms with Gasteiger partial charge >= 0.3 is 0 Å². The summed E-state index contributed by atoms with van der Waals surface area (Å²) in [7, 11) is 0. The van der Waals surface area contributed by atoms with Crippen LogP contribution in [0.25, 0.3) is 0 Å². The van der Waals surface area contributed by atoms with Crippen molar-refractivity contribution >= 4 is 5.69 Å². The fraction of sp³-hybridized carbons (Fsp3) is 0.625. The highest BCUT2D eigenvalue weighted by Crippen LogP contribution is 2.20. The number of nitrogens with zero attached hydrogens (tertiary/aromatic N) is 1. The molecule has 0 aliphatic carbocycles. The second kappa shape index (κ2) is 8.15. The third-order valence-electron chi connectivity index (χ3n) is 3.08. The fourth-order valence-corrected chi connectivity index (χ4v) is 2.18. The molecule has 0 saturated carbocycles. The minimum atomic E-state index is 0.704. The third-order valence-corrected chi connectivity index (χ3v) is 3.08. The van der Waals surface area contributed by atoms with Crippen molar-refractivity contribution in [3.8, 4) is 0 Å². The lowest BCUT2D eigenvalue weighted by Crippen LogP contribution is -2.26. The molecule has 2 nitrogen and oxygen atoms in total. The van der Waals surface area contributed by atoms with Crippen LogP contribution in [-0.2, 0) is 6.54 Å². The van der Waals surface area contributed by atoms with E-state index < -0.39 is 0 Å². The Morgan fingerprint density at radius 2 is 1.89 bits per heavy atom. The van der Waals surface area contributed by atoms with Gasteiger partial charge in [0, 0.05) is 25.3 Å². The molecule has 0 fully saturated rings. The molecule has 0 bridgehead atoms. The predicted molar refractivity (Wildman–Crippen MR) is 81.2 cm³/mol. The Balaban J connectivity index is 2.71. The van der Waals surface area contributed by atoms with E-state index in [0.29, 0.717) is 5.92 Å². The summed E-state index contributed by atoms with van der Waals surface area (Å²) in [4.78, 5) is 2.46. The van der Waals surface area contributed by atoms with Gasteiger partial charge in [0.25, 0.3) is 0 Å². The summed E-state index contributed by atoms with van der Waals surface area (Å²) < 4.78 is 0. The molecule has 0 heterocycles. The summed E-state index contributed by atoms with van der Waals surface area (Å²) >= 11 is 0. The molecule has 0 atom stereocenters. The van der Waals surface area contributed by atoms with Crippen molar-refractivity contribution < 1.29 is 0 Å². The van der Waals surface area contributed by atoms with E-state index >= 15 is 0 Å². The van der Waals surface area contributed by atoms with E-state index in [1.807, 2.05) is 0 Å². The Labute approximate surface area is 112 Å². The topological polar surface area (TPSA) is 15.3 Å². The van der Waals surface area contributed by atoms with Crippen LogP contribution >= 0.6 is 0 Å². The Kier molecular flexibility index (Phi) is 6.81. The first-order valence-electron chi connectivity index (χ1n) is 7.22. The number of para-hydroxylation sites is 1. The monoisotopic (exact) mass is 248 g/mol. The summed E-state index contributed by atoms with van der Waals surface area (Å²) in [6.07, 6.45) is 1.20. The van der Waals surface area contributed by atoms with Gasteiger partial charge in [0.05, 0.1) is 0 Å². The maximum Gasteiger partial charge on any atom is 0.0411 e. The van der Waals surface area contributed by atoms with E-state index in [9.17, 15) is 0 Å². The molecule has 0 aliphatic rings. The van der Waals surface area contributed by atoms with Crippen molar-refractivity contribution in [1.82, 2.24) is 5.32 Å². The second-order valence-electron chi connectivity index (χ2n) is 5.23. The number of benzene rings is 1. The third kappa shape index (κ3) is 4.69. The zero-order valence-electron chi connectivity index (χ0n) is 12.4. The highest BCUT2D eigenvalue weighted by atomic mass is 15.1. The number of hydrogen-bond donors (Lipinski definition) is 1. The lowest BCUT2D eigenvalue weighted by Gasteiger charge is -2.25. The Bertz CT molecular complexity index is 334. The van der Waals surface area contributed by atoms with Crippen LogP contribution in [0.1, 0.15) is 39.7 Å².